The number of aromatic nitrogens is 3. The van der Waals surface area contributed by atoms with Crippen molar-refractivity contribution >= 4 is 32.5 Å². The molecule has 1 amide bonds. The van der Waals surface area contributed by atoms with E-state index in [1.165, 1.54) is 36.7 Å². The lowest BCUT2D eigenvalue weighted by molar-refractivity contribution is 0.0615. The monoisotopic (exact) mass is 446 g/mol. The van der Waals surface area contributed by atoms with Gasteiger partial charge in [-0.1, -0.05) is 12.1 Å². The molecule has 4 radical (unpaired) electrons. The van der Waals surface area contributed by atoms with E-state index in [2.05, 4.69) is 10.1 Å². The van der Waals surface area contributed by atoms with Gasteiger partial charge in [0.1, 0.15) is 11.6 Å². The van der Waals surface area contributed by atoms with Crippen LogP contribution in [-0.4, -0.2) is 41.3 Å². The molecule has 0 fully saturated rings. The zero-order valence-corrected chi connectivity index (χ0v) is 16.8. The Hall–Kier alpha value is -3.62. The molecule has 0 spiro atoms. The molecule has 2 aromatic carbocycles. The van der Waals surface area contributed by atoms with Gasteiger partial charge < -0.3 is 4.90 Å². The highest BCUT2D eigenvalue weighted by molar-refractivity contribution is 6.42. The molecule has 2 aromatic heterocycles. The molecule has 1 aliphatic rings. The fraction of sp³-hybridized carbons (Fsp3) is 0.136. The van der Waals surface area contributed by atoms with Crippen LogP contribution in [0, 0.1) is 11.6 Å². The molecule has 0 saturated carbocycles. The van der Waals surface area contributed by atoms with Gasteiger partial charge in [0.15, 0.2) is 0 Å². The molecule has 0 bridgehead atoms. The van der Waals surface area contributed by atoms with Gasteiger partial charge in [0.2, 0.25) is 0 Å². The second-order valence-electron chi connectivity index (χ2n) is 7.64. The van der Waals surface area contributed by atoms with Gasteiger partial charge in [0.25, 0.3) is 5.91 Å². The van der Waals surface area contributed by atoms with Crippen molar-refractivity contribution in [3.05, 3.63) is 83.3 Å². The van der Waals surface area contributed by atoms with Gasteiger partial charge >= 0.3 is 6.55 Å². The van der Waals surface area contributed by atoms with Gasteiger partial charge in [-0.05, 0) is 41.5 Å². The molecule has 0 N–H and O–H groups in total. The van der Waals surface area contributed by atoms with E-state index in [0.29, 0.717) is 15.6 Å². The van der Waals surface area contributed by atoms with Gasteiger partial charge in [0.05, 0.1) is 45.2 Å². The lowest BCUT2D eigenvalue weighted by Gasteiger charge is -2.33. The van der Waals surface area contributed by atoms with E-state index in [1.807, 2.05) is 0 Å². The largest absolute Gasteiger partial charge is 0.340 e. The first-order valence-corrected chi connectivity index (χ1v) is 9.78. The first-order chi connectivity index (χ1) is 15.7. The number of hydrogen-bond acceptors (Lipinski definition) is 3. The Morgan fingerprint density at radius 3 is 2.39 bits per heavy atom. The maximum absolute atomic E-state index is 15.1. The average molecular weight is 446 g/mol. The summed E-state index contributed by atoms with van der Waals surface area (Å²) < 4.78 is 57.0. The second-order valence-corrected chi connectivity index (χ2v) is 7.64. The molecular formula is C22H12B2F4N4O. The maximum atomic E-state index is 15.1. The lowest BCUT2D eigenvalue weighted by atomic mass is 9.59. The Morgan fingerprint density at radius 1 is 1.03 bits per heavy atom. The molecular weight excluding hydrogens is 434 g/mol. The topological polar surface area (TPSA) is 51.0 Å². The van der Waals surface area contributed by atoms with Crippen LogP contribution in [0.2, 0.25) is 0 Å². The van der Waals surface area contributed by atoms with E-state index < -0.39 is 41.5 Å². The fourth-order valence-corrected chi connectivity index (χ4v) is 4.09. The number of alkyl halides is 2. The Morgan fingerprint density at radius 2 is 1.73 bits per heavy atom. The normalized spacial score (nSPS) is 14.9. The Balaban J connectivity index is 1.54. The molecule has 33 heavy (non-hydrogen) atoms. The highest BCUT2D eigenvalue weighted by Crippen LogP contribution is 2.36. The van der Waals surface area contributed by atoms with Crippen LogP contribution in [0.25, 0.3) is 22.0 Å². The molecule has 4 aromatic rings. The first-order valence-electron chi connectivity index (χ1n) is 9.78. The van der Waals surface area contributed by atoms with Crippen LogP contribution in [0.15, 0.2) is 54.9 Å². The fourth-order valence-electron chi connectivity index (χ4n) is 4.09. The van der Waals surface area contributed by atoms with Crippen molar-refractivity contribution in [2.45, 2.75) is 18.4 Å². The third kappa shape index (κ3) is 3.21. The molecule has 5 nitrogen and oxygen atoms in total. The number of pyridine rings is 1. The molecule has 0 aliphatic carbocycles. The zero-order chi connectivity index (χ0) is 23.5. The molecule has 11 heteroatoms. The minimum Gasteiger partial charge on any atom is -0.340 e. The van der Waals surface area contributed by atoms with E-state index in [0.717, 1.165) is 17.0 Å². The number of carbonyl (C=O) groups is 1. The van der Waals surface area contributed by atoms with Crippen LogP contribution in [0.3, 0.4) is 0 Å². The van der Waals surface area contributed by atoms with Gasteiger partial charge in [-0.3, -0.25) is 9.78 Å². The Kier molecular flexibility index (Phi) is 4.81. The number of hydrogen-bond donors (Lipinski definition) is 0. The van der Waals surface area contributed by atoms with Gasteiger partial charge in [0, 0.05) is 22.5 Å². The van der Waals surface area contributed by atoms with Crippen LogP contribution in [0.5, 0.6) is 0 Å². The number of carbonyl (C=O) groups excluding carboxylic acids is 1. The number of benzene rings is 2. The van der Waals surface area contributed by atoms with Crippen molar-refractivity contribution in [1.29, 1.82) is 0 Å². The average Bonchev–Trinajstić information content (AvgIpc) is 3.29. The molecule has 0 atom stereocenters. The van der Waals surface area contributed by atoms with E-state index in [9.17, 15) is 13.6 Å². The van der Waals surface area contributed by atoms with Crippen molar-refractivity contribution in [1.82, 2.24) is 19.7 Å². The Bertz CT molecular complexity index is 1400. The molecule has 0 unspecified atom stereocenters. The second kappa shape index (κ2) is 7.47. The summed E-state index contributed by atoms with van der Waals surface area (Å²) in [5, 5.41) is 2.12. The molecule has 3 heterocycles. The quantitative estimate of drug-likeness (QED) is 0.354. The third-order valence-electron chi connectivity index (χ3n) is 5.70. The summed E-state index contributed by atoms with van der Waals surface area (Å²) in [4.78, 5) is 17.7. The van der Waals surface area contributed by atoms with Crippen LogP contribution in [-0.2, 0) is 11.9 Å². The van der Waals surface area contributed by atoms with E-state index >= 15 is 8.78 Å². The van der Waals surface area contributed by atoms with Gasteiger partial charge in [-0.25, -0.2) is 13.5 Å². The summed E-state index contributed by atoms with van der Waals surface area (Å²) >= 11 is 0. The SMILES string of the molecule is [B]C1([B])c2ncccc2C(=O)N1Cc1c(F)cc(-c2cccc3c2cnn3C(F)F)cc1F. The van der Waals surface area contributed by atoms with Crippen LogP contribution in [0.1, 0.15) is 28.2 Å². The smallest absolute Gasteiger partial charge is 0.333 e. The summed E-state index contributed by atoms with van der Waals surface area (Å²) in [6, 6.07) is 9.61. The van der Waals surface area contributed by atoms with Gasteiger partial charge in [-0.2, -0.15) is 13.9 Å². The first kappa shape index (κ1) is 21.2. The van der Waals surface area contributed by atoms with Gasteiger partial charge in [-0.15, -0.1) is 0 Å². The lowest BCUT2D eigenvalue weighted by Crippen LogP contribution is -2.45. The summed E-state index contributed by atoms with van der Waals surface area (Å²) in [5.74, 6) is -2.50. The number of amides is 1. The third-order valence-corrected chi connectivity index (χ3v) is 5.70. The van der Waals surface area contributed by atoms with Crippen LogP contribution in [0.4, 0.5) is 17.6 Å². The van der Waals surface area contributed by atoms with Crippen molar-refractivity contribution in [2.75, 3.05) is 0 Å². The van der Waals surface area contributed by atoms with Crippen LogP contribution >= 0.6 is 0 Å². The van der Waals surface area contributed by atoms with Crippen molar-refractivity contribution < 1.29 is 22.4 Å². The standard InChI is InChI=1S/C22H12B2F4N4O/c23-22(24)19-13(4-2-6-29-19)20(33)31(22)10-15-16(25)7-11(8-17(15)26)12-3-1-5-18-14(12)9-30-32(18)21(27)28/h1-9,21H,10H2. The Labute approximate surface area is 187 Å². The molecule has 1 aliphatic heterocycles. The summed E-state index contributed by atoms with van der Waals surface area (Å²) in [7, 11) is 12.2. The molecule has 0 saturated heterocycles. The minimum absolute atomic E-state index is 0.107. The highest BCUT2D eigenvalue weighted by Gasteiger charge is 2.43. The van der Waals surface area contributed by atoms with Crippen LogP contribution < -0.4 is 0 Å². The highest BCUT2D eigenvalue weighted by atomic mass is 19.3. The maximum Gasteiger partial charge on any atom is 0.333 e. The number of halogens is 4. The molecule has 5 rings (SSSR count). The summed E-state index contributed by atoms with van der Waals surface area (Å²) in [6.45, 7) is -3.40. The summed E-state index contributed by atoms with van der Waals surface area (Å²) in [5.41, 5.74) is 0.409. The molecule has 160 valence electrons. The predicted molar refractivity (Wildman–Crippen MR) is 114 cm³/mol. The van der Waals surface area contributed by atoms with Crippen molar-refractivity contribution in [3.63, 3.8) is 0 Å². The van der Waals surface area contributed by atoms with E-state index in [4.69, 9.17) is 15.7 Å². The number of nitrogens with zero attached hydrogens (tertiary/aromatic N) is 4. The minimum atomic E-state index is -2.86. The van der Waals surface area contributed by atoms with Crippen molar-refractivity contribution in [3.8, 4) is 11.1 Å². The van der Waals surface area contributed by atoms with E-state index in [-0.39, 0.29) is 22.3 Å². The number of fused-ring (bicyclic) bond motifs is 2. The predicted octanol–water partition coefficient (Wildman–Crippen LogP) is 3.87. The number of rotatable bonds is 4. The van der Waals surface area contributed by atoms with Crippen molar-refractivity contribution in [2.24, 2.45) is 0 Å². The summed E-state index contributed by atoms with van der Waals surface area (Å²) in [6.07, 6.45) is 2.63. The zero-order valence-electron chi connectivity index (χ0n) is 16.8. The van der Waals surface area contributed by atoms with E-state index in [1.54, 1.807) is 6.07 Å².